The number of rotatable bonds is 8. The summed E-state index contributed by atoms with van der Waals surface area (Å²) in [5.41, 5.74) is 1.09. The van der Waals surface area contributed by atoms with Crippen LogP contribution in [0, 0.1) is 28.6 Å². The molecule has 0 fully saturated rings. The van der Waals surface area contributed by atoms with Gasteiger partial charge in [0.1, 0.15) is 0 Å². The molecule has 0 unspecified atom stereocenters. The third-order valence-corrected chi connectivity index (χ3v) is 5.59. The minimum atomic E-state index is 0.542. The van der Waals surface area contributed by atoms with Gasteiger partial charge in [-0.05, 0) is 35.0 Å². The Bertz CT molecular complexity index is 280. The SMILES string of the molecule is CCC(C)(C)C.CCC(C)C.CCCC(C)(C)C.CCCC(C)C.CCCC(CC)CC. The summed E-state index contributed by atoms with van der Waals surface area (Å²) >= 11 is 0. The lowest BCUT2D eigenvalue weighted by Crippen LogP contribution is -2.02. The zero-order valence-corrected chi connectivity index (χ0v) is 26.8. The first-order chi connectivity index (χ1) is 14.5. The second-order valence-electron chi connectivity index (χ2n) is 12.7. The predicted octanol–water partition coefficient (Wildman–Crippen LogP) is 13.0. The third-order valence-electron chi connectivity index (χ3n) is 5.59. The fraction of sp³-hybridized carbons (Fsp3) is 1.00. The molecule has 0 aromatic heterocycles. The molecule has 0 aromatic carbocycles. The molecule has 0 saturated heterocycles. The van der Waals surface area contributed by atoms with E-state index in [4.69, 9.17) is 0 Å². The van der Waals surface area contributed by atoms with Gasteiger partial charge in [0.25, 0.3) is 0 Å². The zero-order chi connectivity index (χ0) is 26.8. The summed E-state index contributed by atoms with van der Waals surface area (Å²) < 4.78 is 0. The van der Waals surface area contributed by atoms with Crippen LogP contribution in [0.2, 0.25) is 0 Å². The minimum absolute atomic E-state index is 0.542. The maximum Gasteiger partial charge on any atom is -0.0383 e. The quantitative estimate of drug-likeness (QED) is 0.339. The molecule has 32 heavy (non-hydrogen) atoms. The van der Waals surface area contributed by atoms with Gasteiger partial charge < -0.3 is 0 Å². The molecule has 0 radical (unpaired) electrons. The molecule has 0 aliphatic rings. The highest BCUT2D eigenvalue weighted by molar-refractivity contribution is 4.58. The smallest absolute Gasteiger partial charge is 0.0383 e. The van der Waals surface area contributed by atoms with Crippen LogP contribution in [-0.2, 0) is 0 Å². The Morgan fingerprint density at radius 1 is 0.469 bits per heavy atom. The molecule has 0 atom stereocenters. The highest BCUT2D eigenvalue weighted by Crippen LogP contribution is 2.19. The number of hydrogen-bond donors (Lipinski definition) is 0. The van der Waals surface area contributed by atoms with Crippen molar-refractivity contribution in [3.63, 3.8) is 0 Å². The molecule has 0 spiro atoms. The van der Waals surface area contributed by atoms with Crippen LogP contribution in [0.4, 0.5) is 0 Å². The molecule has 0 rings (SSSR count). The van der Waals surface area contributed by atoms with Gasteiger partial charge in [-0.2, -0.15) is 0 Å². The lowest BCUT2D eigenvalue weighted by molar-refractivity contribution is 0.373. The molecule has 0 saturated carbocycles. The van der Waals surface area contributed by atoms with Gasteiger partial charge in [-0.15, -0.1) is 0 Å². The maximum atomic E-state index is 2.28. The zero-order valence-electron chi connectivity index (χ0n) is 26.8. The summed E-state index contributed by atoms with van der Waals surface area (Å²) in [7, 11) is 0. The molecule has 0 heteroatoms. The van der Waals surface area contributed by atoms with E-state index >= 15 is 0 Å². The van der Waals surface area contributed by atoms with Gasteiger partial charge in [0.2, 0.25) is 0 Å². The van der Waals surface area contributed by atoms with E-state index in [1.54, 1.807) is 0 Å². The van der Waals surface area contributed by atoms with Crippen LogP contribution in [0.1, 0.15) is 182 Å². The summed E-state index contributed by atoms with van der Waals surface area (Å²) in [6.07, 6.45) is 13.4. The molecule has 0 bridgehead atoms. The summed E-state index contributed by atoms with van der Waals surface area (Å²) in [6.45, 7) is 38.2. The minimum Gasteiger partial charge on any atom is -0.0654 e. The van der Waals surface area contributed by atoms with Crippen molar-refractivity contribution in [3.8, 4) is 0 Å². The second kappa shape index (κ2) is 29.0. The molecule has 202 valence electrons. The van der Waals surface area contributed by atoms with Crippen molar-refractivity contribution in [2.24, 2.45) is 28.6 Å². The second-order valence-corrected chi connectivity index (χ2v) is 12.7. The molecule has 0 aromatic rings. The molecule has 0 N–H and O–H groups in total. The van der Waals surface area contributed by atoms with E-state index in [0.29, 0.717) is 10.8 Å². The standard InChI is InChI=1S/C8H18.C7H16.2C6H14.C5H12/c1-4-7-8(5-2)6-3;1-5-6-7(2,3)4;1-5-6(2,3)4;1-4-5-6(2)3;1-4-5(2)3/h8H,4-7H2,1-3H3;5-6H2,1-4H3;5H2,1-4H3;6H,4-5H2,1-3H3;5H,4H2,1-3H3. The summed E-state index contributed by atoms with van der Waals surface area (Å²) in [5.74, 6) is 2.78. The van der Waals surface area contributed by atoms with Crippen molar-refractivity contribution in [1.82, 2.24) is 0 Å². The average Bonchev–Trinajstić information content (AvgIpc) is 2.66. The van der Waals surface area contributed by atoms with Gasteiger partial charge in [0, 0.05) is 0 Å². The predicted molar refractivity (Wildman–Crippen MR) is 158 cm³/mol. The van der Waals surface area contributed by atoms with Crippen molar-refractivity contribution in [2.45, 2.75) is 182 Å². The van der Waals surface area contributed by atoms with E-state index in [1.807, 2.05) is 0 Å². The van der Waals surface area contributed by atoms with Crippen LogP contribution in [0.3, 0.4) is 0 Å². The lowest BCUT2D eigenvalue weighted by Gasteiger charge is -2.15. The molecular weight excluding hydrogens is 384 g/mol. The fourth-order valence-corrected chi connectivity index (χ4v) is 2.43. The first-order valence-corrected chi connectivity index (χ1v) is 14.5. The molecule has 0 amide bonds. The van der Waals surface area contributed by atoms with E-state index in [1.165, 1.54) is 64.2 Å². The van der Waals surface area contributed by atoms with Crippen molar-refractivity contribution in [1.29, 1.82) is 0 Å². The highest BCUT2D eigenvalue weighted by Gasteiger charge is 2.06. The van der Waals surface area contributed by atoms with Crippen LogP contribution >= 0.6 is 0 Å². The van der Waals surface area contributed by atoms with Crippen molar-refractivity contribution >= 4 is 0 Å². The highest BCUT2D eigenvalue weighted by atomic mass is 14.1. The third kappa shape index (κ3) is 69.9. The van der Waals surface area contributed by atoms with Gasteiger partial charge in [-0.3, -0.25) is 0 Å². The Labute approximate surface area is 210 Å². The van der Waals surface area contributed by atoms with Crippen LogP contribution in [0.5, 0.6) is 0 Å². The molecule has 0 aliphatic carbocycles. The van der Waals surface area contributed by atoms with Crippen LogP contribution in [0.15, 0.2) is 0 Å². The van der Waals surface area contributed by atoms with Crippen molar-refractivity contribution < 1.29 is 0 Å². The van der Waals surface area contributed by atoms with Gasteiger partial charge in [0.05, 0.1) is 0 Å². The summed E-state index contributed by atoms with van der Waals surface area (Å²) in [5, 5.41) is 0. The van der Waals surface area contributed by atoms with Crippen molar-refractivity contribution in [3.05, 3.63) is 0 Å². The molecule has 0 aliphatic heterocycles. The molecule has 0 nitrogen and oxygen atoms in total. The largest absolute Gasteiger partial charge is 0.0654 e. The Hall–Kier alpha value is 0. The van der Waals surface area contributed by atoms with Gasteiger partial charge >= 0.3 is 0 Å². The first kappa shape index (κ1) is 42.2. The maximum absolute atomic E-state index is 2.28. The lowest BCUT2D eigenvalue weighted by atomic mass is 9.91. The fourth-order valence-electron chi connectivity index (χ4n) is 2.43. The van der Waals surface area contributed by atoms with E-state index in [2.05, 4.69) is 118 Å². The van der Waals surface area contributed by atoms with Gasteiger partial charge in [0.15, 0.2) is 0 Å². The topological polar surface area (TPSA) is 0 Å². The monoisotopic (exact) mass is 459 g/mol. The number of hydrogen-bond acceptors (Lipinski definition) is 0. The Morgan fingerprint density at radius 2 is 0.812 bits per heavy atom. The normalized spacial score (nSPS) is 10.9. The Kier molecular flexibility index (Phi) is 38.3. The van der Waals surface area contributed by atoms with E-state index in [-0.39, 0.29) is 0 Å². The van der Waals surface area contributed by atoms with Gasteiger partial charge in [-0.1, -0.05) is 175 Å². The Balaban J connectivity index is -0.0000000958. The summed E-state index contributed by atoms with van der Waals surface area (Å²) in [6, 6.07) is 0. The van der Waals surface area contributed by atoms with Crippen molar-refractivity contribution in [2.75, 3.05) is 0 Å². The van der Waals surface area contributed by atoms with Crippen LogP contribution in [0.25, 0.3) is 0 Å². The van der Waals surface area contributed by atoms with E-state index < -0.39 is 0 Å². The van der Waals surface area contributed by atoms with Gasteiger partial charge in [-0.25, -0.2) is 0 Å². The van der Waals surface area contributed by atoms with Crippen LogP contribution in [-0.4, -0.2) is 0 Å². The van der Waals surface area contributed by atoms with E-state index in [9.17, 15) is 0 Å². The Morgan fingerprint density at radius 3 is 0.844 bits per heavy atom. The average molecular weight is 459 g/mol. The molecular formula is C32H74. The van der Waals surface area contributed by atoms with Crippen LogP contribution < -0.4 is 0 Å². The first-order valence-electron chi connectivity index (χ1n) is 14.5. The van der Waals surface area contributed by atoms with E-state index in [0.717, 1.165) is 17.8 Å². The summed E-state index contributed by atoms with van der Waals surface area (Å²) in [4.78, 5) is 0. The molecule has 0 heterocycles.